The minimum atomic E-state index is -0.654. The zero-order valence-corrected chi connectivity index (χ0v) is 17.0. The second-order valence-corrected chi connectivity index (χ2v) is 7.31. The van der Waals surface area contributed by atoms with E-state index in [0.717, 1.165) is 12.0 Å². The number of nitrogens with one attached hydrogen (secondary N) is 1. The van der Waals surface area contributed by atoms with Crippen molar-refractivity contribution in [2.24, 2.45) is 5.92 Å². The Labute approximate surface area is 175 Å². The predicted molar refractivity (Wildman–Crippen MR) is 109 cm³/mol. The number of carbonyl (C=O) groups is 2. The predicted octanol–water partition coefficient (Wildman–Crippen LogP) is 3.39. The molecule has 1 N–H and O–H groups in total. The van der Waals surface area contributed by atoms with Crippen molar-refractivity contribution in [1.29, 1.82) is 5.26 Å². The maximum atomic E-state index is 12.4. The van der Waals surface area contributed by atoms with E-state index < -0.39 is 18.5 Å². The lowest BCUT2D eigenvalue weighted by Crippen LogP contribution is -2.35. The highest BCUT2D eigenvalue weighted by molar-refractivity contribution is 5.91. The molecule has 0 unspecified atom stereocenters. The molecule has 7 heteroatoms. The molecule has 0 bridgehead atoms. The number of hydrogen-bond donors (Lipinski definition) is 1. The van der Waals surface area contributed by atoms with E-state index in [1.807, 2.05) is 38.1 Å². The molecule has 0 spiro atoms. The summed E-state index contributed by atoms with van der Waals surface area (Å²) in [6.45, 7) is 4.77. The maximum absolute atomic E-state index is 12.4. The topological polar surface area (TPSA) is 97.7 Å². The van der Waals surface area contributed by atoms with Gasteiger partial charge in [0, 0.05) is 6.42 Å². The van der Waals surface area contributed by atoms with E-state index in [1.165, 1.54) is 12.1 Å². The van der Waals surface area contributed by atoms with Crippen LogP contribution in [0.15, 0.2) is 42.5 Å². The van der Waals surface area contributed by atoms with E-state index in [-0.39, 0.29) is 17.5 Å². The Morgan fingerprint density at radius 1 is 1.13 bits per heavy atom. The Morgan fingerprint density at radius 3 is 2.63 bits per heavy atom. The third-order valence-electron chi connectivity index (χ3n) is 4.68. The van der Waals surface area contributed by atoms with Gasteiger partial charge in [0.15, 0.2) is 18.1 Å². The highest BCUT2D eigenvalue weighted by Crippen LogP contribution is 2.34. The van der Waals surface area contributed by atoms with Gasteiger partial charge in [-0.25, -0.2) is 4.79 Å². The third-order valence-corrected chi connectivity index (χ3v) is 4.68. The van der Waals surface area contributed by atoms with Crippen molar-refractivity contribution in [2.75, 3.05) is 19.8 Å². The molecule has 7 nitrogen and oxygen atoms in total. The molecule has 1 amide bonds. The fourth-order valence-electron chi connectivity index (χ4n) is 3.15. The van der Waals surface area contributed by atoms with Crippen molar-refractivity contribution in [1.82, 2.24) is 5.32 Å². The first-order chi connectivity index (χ1) is 14.5. The van der Waals surface area contributed by atoms with Gasteiger partial charge in [-0.05, 0) is 41.8 Å². The van der Waals surface area contributed by atoms with E-state index in [4.69, 9.17) is 19.5 Å². The first-order valence-electron chi connectivity index (χ1n) is 9.84. The molecule has 1 heterocycles. The largest absolute Gasteiger partial charge is 0.490 e. The van der Waals surface area contributed by atoms with Crippen LogP contribution < -0.4 is 14.8 Å². The van der Waals surface area contributed by atoms with Crippen LogP contribution in [0.4, 0.5) is 0 Å². The lowest BCUT2D eigenvalue weighted by atomic mass is 9.95. The average molecular weight is 408 g/mol. The maximum Gasteiger partial charge on any atom is 0.338 e. The molecule has 1 aliphatic heterocycles. The number of ether oxygens (including phenoxy) is 3. The lowest BCUT2D eigenvalue weighted by Gasteiger charge is -2.23. The number of benzene rings is 2. The molecule has 0 fully saturated rings. The van der Waals surface area contributed by atoms with Crippen LogP contribution in [0.25, 0.3) is 0 Å². The Bertz CT molecular complexity index is 964. The summed E-state index contributed by atoms with van der Waals surface area (Å²) in [4.78, 5) is 24.6. The summed E-state index contributed by atoms with van der Waals surface area (Å²) in [5.41, 5.74) is 1.46. The molecule has 2 aromatic rings. The Morgan fingerprint density at radius 2 is 1.90 bits per heavy atom. The van der Waals surface area contributed by atoms with E-state index in [1.54, 1.807) is 12.1 Å². The van der Waals surface area contributed by atoms with Gasteiger partial charge in [-0.3, -0.25) is 4.79 Å². The van der Waals surface area contributed by atoms with Crippen molar-refractivity contribution >= 4 is 11.9 Å². The molecule has 3 rings (SSSR count). The summed E-state index contributed by atoms with van der Waals surface area (Å²) < 4.78 is 16.5. The molecule has 2 aromatic carbocycles. The van der Waals surface area contributed by atoms with Crippen molar-refractivity contribution in [3.8, 4) is 17.6 Å². The molecule has 0 saturated heterocycles. The molecule has 0 aliphatic carbocycles. The van der Waals surface area contributed by atoms with Gasteiger partial charge in [0.25, 0.3) is 5.91 Å². The van der Waals surface area contributed by atoms with Gasteiger partial charge >= 0.3 is 5.97 Å². The third kappa shape index (κ3) is 5.29. The Hall–Kier alpha value is -3.53. The van der Waals surface area contributed by atoms with Crippen LogP contribution in [0.1, 0.15) is 47.8 Å². The number of carbonyl (C=O) groups excluding carboxylic acids is 2. The molecular formula is C23H24N2O5. The van der Waals surface area contributed by atoms with E-state index in [9.17, 15) is 9.59 Å². The van der Waals surface area contributed by atoms with Crippen molar-refractivity contribution in [2.45, 2.75) is 26.3 Å². The van der Waals surface area contributed by atoms with Crippen LogP contribution in [-0.4, -0.2) is 31.7 Å². The van der Waals surface area contributed by atoms with Crippen LogP contribution in [0.3, 0.4) is 0 Å². The minimum absolute atomic E-state index is 0.0988. The Balaban J connectivity index is 1.64. The molecule has 1 atom stereocenters. The summed E-state index contributed by atoms with van der Waals surface area (Å²) in [5, 5.41) is 11.8. The number of rotatable bonds is 6. The van der Waals surface area contributed by atoms with Gasteiger partial charge in [-0.15, -0.1) is 0 Å². The zero-order chi connectivity index (χ0) is 21.5. The average Bonchev–Trinajstić information content (AvgIpc) is 3.00. The first kappa shape index (κ1) is 21.2. The van der Waals surface area contributed by atoms with Gasteiger partial charge in [-0.2, -0.15) is 5.26 Å². The number of hydrogen-bond acceptors (Lipinski definition) is 6. The van der Waals surface area contributed by atoms with Gasteiger partial charge in [0.1, 0.15) is 0 Å². The summed E-state index contributed by atoms with van der Waals surface area (Å²) in [6.07, 6.45) is 0.816. The number of fused-ring (bicyclic) bond motifs is 1. The fourth-order valence-corrected chi connectivity index (χ4v) is 3.15. The Kier molecular flexibility index (Phi) is 6.91. The van der Waals surface area contributed by atoms with Gasteiger partial charge < -0.3 is 19.5 Å². The number of nitriles is 1. The number of amides is 1. The molecule has 156 valence electrons. The van der Waals surface area contributed by atoms with E-state index >= 15 is 0 Å². The number of nitrogens with zero attached hydrogens (tertiary/aromatic N) is 1. The second kappa shape index (κ2) is 9.79. The van der Waals surface area contributed by atoms with Crippen LogP contribution in [-0.2, 0) is 9.53 Å². The quantitative estimate of drug-likeness (QED) is 0.736. The fraction of sp³-hybridized carbons (Fsp3) is 0.348. The summed E-state index contributed by atoms with van der Waals surface area (Å²) in [6, 6.07) is 13.5. The van der Waals surface area contributed by atoms with Crippen LogP contribution in [0, 0.1) is 17.2 Å². The SMILES string of the molecule is CC(C)[C@H](NC(=O)COC(=O)c1cccc(C#N)c1)c1ccc2c(c1)OCCCO2. The normalized spacial score (nSPS) is 13.7. The van der Waals surface area contributed by atoms with Crippen molar-refractivity contribution in [3.63, 3.8) is 0 Å². The van der Waals surface area contributed by atoms with Gasteiger partial charge in [0.05, 0.1) is 36.5 Å². The smallest absolute Gasteiger partial charge is 0.338 e. The molecule has 30 heavy (non-hydrogen) atoms. The molecule has 1 aliphatic rings. The molecule has 0 aromatic heterocycles. The van der Waals surface area contributed by atoms with Crippen LogP contribution in [0.2, 0.25) is 0 Å². The summed E-state index contributed by atoms with van der Waals surface area (Å²) in [7, 11) is 0. The highest BCUT2D eigenvalue weighted by Gasteiger charge is 2.22. The van der Waals surface area contributed by atoms with E-state index in [2.05, 4.69) is 5.32 Å². The molecular weight excluding hydrogens is 384 g/mol. The molecule has 0 radical (unpaired) electrons. The zero-order valence-electron chi connectivity index (χ0n) is 17.0. The van der Waals surface area contributed by atoms with Crippen molar-refractivity contribution < 1.29 is 23.8 Å². The molecule has 0 saturated carbocycles. The standard InChI is InChI=1S/C23H24N2O5/c1-15(2)22(17-7-8-19-20(12-17)29-10-4-9-28-19)25-21(26)14-30-23(27)18-6-3-5-16(11-18)13-24/h3,5-8,11-12,15,22H,4,9-10,14H2,1-2H3,(H,25,26)/t22-/m0/s1. The van der Waals surface area contributed by atoms with E-state index in [0.29, 0.717) is 30.3 Å². The monoisotopic (exact) mass is 408 g/mol. The van der Waals surface area contributed by atoms with Gasteiger partial charge in [-0.1, -0.05) is 26.0 Å². The highest BCUT2D eigenvalue weighted by atomic mass is 16.5. The summed E-state index contributed by atoms with van der Waals surface area (Å²) in [5.74, 6) is 0.388. The first-order valence-corrected chi connectivity index (χ1v) is 9.84. The lowest BCUT2D eigenvalue weighted by molar-refractivity contribution is -0.125. The number of esters is 1. The van der Waals surface area contributed by atoms with Crippen LogP contribution in [0.5, 0.6) is 11.5 Å². The van der Waals surface area contributed by atoms with Gasteiger partial charge in [0.2, 0.25) is 0 Å². The summed E-state index contributed by atoms with van der Waals surface area (Å²) >= 11 is 0. The second-order valence-electron chi connectivity index (χ2n) is 7.31. The van der Waals surface area contributed by atoms with Crippen LogP contribution >= 0.6 is 0 Å². The minimum Gasteiger partial charge on any atom is -0.490 e. The van der Waals surface area contributed by atoms with Crippen molar-refractivity contribution in [3.05, 3.63) is 59.2 Å².